The number of nitrogens with zero attached hydrogens (tertiary/aromatic N) is 3. The summed E-state index contributed by atoms with van der Waals surface area (Å²) < 4.78 is 4.87. The second kappa shape index (κ2) is 7.94. The Morgan fingerprint density at radius 2 is 2.17 bits per heavy atom. The van der Waals surface area contributed by atoms with E-state index in [1.165, 1.54) is 12.7 Å². The normalized spacial score (nSPS) is 23.2. The summed E-state index contributed by atoms with van der Waals surface area (Å²) in [5.41, 5.74) is 3.07. The summed E-state index contributed by atoms with van der Waals surface area (Å²) in [6.07, 6.45) is 7.58. The molecule has 2 aliphatic rings. The number of allylic oxidation sites excluding steroid dienone is 1. The summed E-state index contributed by atoms with van der Waals surface area (Å²) in [4.78, 5) is 20.9. The predicted molar refractivity (Wildman–Crippen MR) is 110 cm³/mol. The van der Waals surface area contributed by atoms with Crippen molar-refractivity contribution in [2.24, 2.45) is 5.92 Å². The Balaban J connectivity index is 1.48. The van der Waals surface area contributed by atoms with Crippen LogP contribution in [0.15, 0.2) is 41.8 Å². The lowest BCUT2D eigenvalue weighted by atomic mass is 9.85. The van der Waals surface area contributed by atoms with E-state index in [0.29, 0.717) is 11.8 Å². The lowest BCUT2D eigenvalue weighted by Gasteiger charge is -2.34. The molecule has 0 radical (unpaired) electrons. The van der Waals surface area contributed by atoms with Crippen LogP contribution in [0.25, 0.3) is 0 Å². The highest BCUT2D eigenvalue weighted by molar-refractivity contribution is 5.76. The molecular weight excluding hydrogens is 370 g/mol. The van der Waals surface area contributed by atoms with E-state index < -0.39 is 0 Å². The van der Waals surface area contributed by atoms with Gasteiger partial charge in [0.25, 0.3) is 0 Å². The number of H-pyrrole nitrogens is 1. The van der Waals surface area contributed by atoms with E-state index in [4.69, 9.17) is 4.74 Å². The first-order chi connectivity index (χ1) is 14.0. The second-order valence-corrected chi connectivity index (χ2v) is 7.37. The average molecular weight is 395 g/mol. The third kappa shape index (κ3) is 4.23. The van der Waals surface area contributed by atoms with Crippen LogP contribution in [-0.4, -0.2) is 45.3 Å². The van der Waals surface area contributed by atoms with Gasteiger partial charge < -0.3 is 20.7 Å². The molecule has 0 saturated carbocycles. The molecule has 0 bridgehead atoms. The molecule has 9 nitrogen and oxygen atoms in total. The van der Waals surface area contributed by atoms with Gasteiger partial charge >= 0.3 is 5.97 Å². The Morgan fingerprint density at radius 1 is 1.31 bits per heavy atom. The number of esters is 1. The van der Waals surface area contributed by atoms with Crippen molar-refractivity contribution in [1.82, 2.24) is 25.5 Å². The average Bonchev–Trinajstić information content (AvgIpc) is 3.20. The molecule has 3 heterocycles. The number of aryl methyl sites for hydroxylation is 1. The maximum Gasteiger partial charge on any atom is 0.328 e. The van der Waals surface area contributed by atoms with Crippen molar-refractivity contribution in [3.05, 3.63) is 47.4 Å². The minimum Gasteiger partial charge on any atom is -0.467 e. The maximum absolute atomic E-state index is 11.8. The number of ether oxygens (including phenoxy) is 1. The number of carbonyl (C=O) groups is 1. The fraction of sp³-hybridized carbons (Fsp3) is 0.400. The summed E-state index contributed by atoms with van der Waals surface area (Å²) >= 11 is 0. The van der Waals surface area contributed by atoms with Crippen molar-refractivity contribution in [1.29, 1.82) is 0 Å². The summed E-state index contributed by atoms with van der Waals surface area (Å²) in [5.74, 6) is 2.00. The summed E-state index contributed by atoms with van der Waals surface area (Å²) in [7, 11) is 1.42. The Morgan fingerprint density at radius 3 is 2.93 bits per heavy atom. The zero-order chi connectivity index (χ0) is 20.4. The first-order valence-corrected chi connectivity index (χ1v) is 9.67. The van der Waals surface area contributed by atoms with Crippen molar-refractivity contribution in [2.45, 2.75) is 38.8 Å². The van der Waals surface area contributed by atoms with Crippen LogP contribution < -0.4 is 16.0 Å². The molecule has 29 heavy (non-hydrogen) atoms. The number of carbonyl (C=O) groups excluding carboxylic acids is 1. The fourth-order valence-electron chi connectivity index (χ4n) is 3.65. The van der Waals surface area contributed by atoms with Crippen LogP contribution in [0.1, 0.15) is 25.5 Å². The first kappa shape index (κ1) is 19.0. The molecule has 1 fully saturated rings. The summed E-state index contributed by atoms with van der Waals surface area (Å²) in [6, 6.07) is 3.50. The molecule has 1 saturated heterocycles. The van der Waals surface area contributed by atoms with Crippen molar-refractivity contribution in [3.63, 3.8) is 0 Å². The quantitative estimate of drug-likeness (QED) is 0.570. The van der Waals surface area contributed by atoms with Gasteiger partial charge in [0.2, 0.25) is 5.95 Å². The van der Waals surface area contributed by atoms with Crippen molar-refractivity contribution >= 4 is 23.6 Å². The van der Waals surface area contributed by atoms with Gasteiger partial charge in [-0.1, -0.05) is 19.1 Å². The fourth-order valence-corrected chi connectivity index (χ4v) is 3.65. The third-order valence-electron chi connectivity index (χ3n) is 5.15. The topological polar surface area (TPSA) is 117 Å². The lowest BCUT2D eigenvalue weighted by Crippen LogP contribution is -2.43. The largest absolute Gasteiger partial charge is 0.467 e. The van der Waals surface area contributed by atoms with E-state index >= 15 is 0 Å². The number of rotatable bonds is 5. The van der Waals surface area contributed by atoms with Gasteiger partial charge in [0.1, 0.15) is 17.7 Å². The van der Waals surface area contributed by atoms with Crippen LogP contribution in [0.4, 0.5) is 17.6 Å². The standard InChI is InChI=1S/C20H25N7O2/c1-11-8-16-13(4-5-14(23-16)19(28)29-3)10-15(11)24-20-22-12(2)9-18(26-20)25-17-6-7-21-27-17/h6-11,14-15,23H,4-5H2,1-3H3,(H3,21,22,24,25,26,27). The molecule has 4 N–H and O–H groups in total. The van der Waals surface area contributed by atoms with Crippen molar-refractivity contribution in [2.75, 3.05) is 17.7 Å². The Hall–Kier alpha value is -3.36. The zero-order valence-corrected chi connectivity index (χ0v) is 16.7. The Labute approximate surface area is 169 Å². The molecule has 0 aromatic carbocycles. The number of fused-ring (bicyclic) bond motifs is 1. The molecule has 3 unspecified atom stereocenters. The molecule has 4 rings (SSSR count). The molecule has 0 amide bonds. The lowest BCUT2D eigenvalue weighted by molar-refractivity contribution is -0.143. The molecule has 152 valence electrons. The monoisotopic (exact) mass is 395 g/mol. The number of anilines is 3. The van der Waals surface area contributed by atoms with Gasteiger partial charge in [0.15, 0.2) is 0 Å². The van der Waals surface area contributed by atoms with Crippen molar-refractivity contribution < 1.29 is 9.53 Å². The molecule has 1 aliphatic carbocycles. The van der Waals surface area contributed by atoms with Crippen molar-refractivity contribution in [3.8, 4) is 0 Å². The molecule has 2 aromatic heterocycles. The van der Waals surface area contributed by atoms with Crippen LogP contribution in [0.3, 0.4) is 0 Å². The van der Waals surface area contributed by atoms with Crippen LogP contribution in [0.2, 0.25) is 0 Å². The number of hydrogen-bond donors (Lipinski definition) is 4. The Kier molecular flexibility index (Phi) is 5.20. The minimum atomic E-state index is -0.281. The Bertz CT molecular complexity index is 952. The summed E-state index contributed by atoms with van der Waals surface area (Å²) in [5, 5.41) is 16.7. The first-order valence-electron chi connectivity index (χ1n) is 9.67. The van der Waals surface area contributed by atoms with Gasteiger partial charge in [-0.2, -0.15) is 10.1 Å². The number of hydrogen-bond acceptors (Lipinski definition) is 8. The number of aromatic amines is 1. The van der Waals surface area contributed by atoms with Gasteiger partial charge in [-0.05, 0) is 25.3 Å². The van der Waals surface area contributed by atoms with Gasteiger partial charge in [-0.3, -0.25) is 5.10 Å². The van der Waals surface area contributed by atoms with E-state index in [1.807, 2.05) is 19.1 Å². The van der Waals surface area contributed by atoms with Gasteiger partial charge in [0.05, 0.1) is 19.3 Å². The smallest absolute Gasteiger partial charge is 0.328 e. The number of piperidine rings is 1. The van der Waals surface area contributed by atoms with Gasteiger partial charge in [-0.25, -0.2) is 9.78 Å². The molecule has 2 aromatic rings. The number of nitrogens with one attached hydrogen (secondary N) is 4. The highest BCUT2D eigenvalue weighted by atomic mass is 16.5. The molecule has 1 aliphatic heterocycles. The summed E-state index contributed by atoms with van der Waals surface area (Å²) in [6.45, 7) is 4.06. The van der Waals surface area contributed by atoms with E-state index in [9.17, 15) is 4.79 Å². The maximum atomic E-state index is 11.8. The SMILES string of the molecule is COC(=O)C1CCC2=CC(Nc3nc(C)cc(Nc4ccn[nH]4)n3)C(C)C=C2N1. The van der Waals surface area contributed by atoms with Crippen LogP contribution in [-0.2, 0) is 9.53 Å². The van der Waals surface area contributed by atoms with Crippen LogP contribution in [0.5, 0.6) is 0 Å². The molecule has 3 atom stereocenters. The third-order valence-corrected chi connectivity index (χ3v) is 5.15. The number of aromatic nitrogens is 4. The van der Waals surface area contributed by atoms with E-state index in [2.05, 4.69) is 55.2 Å². The minimum absolute atomic E-state index is 0.0621. The molecule has 9 heteroatoms. The molecular formula is C20H25N7O2. The molecule has 0 spiro atoms. The van der Waals surface area contributed by atoms with Crippen LogP contribution in [0, 0.1) is 12.8 Å². The highest BCUT2D eigenvalue weighted by Gasteiger charge is 2.30. The van der Waals surface area contributed by atoms with Gasteiger partial charge in [-0.15, -0.1) is 0 Å². The van der Waals surface area contributed by atoms with E-state index in [-0.39, 0.29) is 24.0 Å². The highest BCUT2D eigenvalue weighted by Crippen LogP contribution is 2.31. The van der Waals surface area contributed by atoms with Gasteiger partial charge in [0, 0.05) is 29.4 Å². The second-order valence-electron chi connectivity index (χ2n) is 7.37. The van der Waals surface area contributed by atoms with E-state index in [0.717, 1.165) is 30.1 Å². The number of methoxy groups -OCH3 is 1. The zero-order valence-electron chi connectivity index (χ0n) is 16.7. The van der Waals surface area contributed by atoms with Crippen LogP contribution >= 0.6 is 0 Å². The predicted octanol–water partition coefficient (Wildman–Crippen LogP) is 2.42. The van der Waals surface area contributed by atoms with E-state index in [1.54, 1.807) is 6.20 Å².